The zero-order valence-electron chi connectivity index (χ0n) is 17.4. The van der Waals surface area contributed by atoms with E-state index in [9.17, 15) is 9.90 Å². The summed E-state index contributed by atoms with van der Waals surface area (Å²) in [5.74, 6) is 0.851. The summed E-state index contributed by atoms with van der Waals surface area (Å²) in [6.07, 6.45) is 7.17. The van der Waals surface area contributed by atoms with Crippen molar-refractivity contribution in [2.75, 3.05) is 13.7 Å². The highest BCUT2D eigenvalue weighted by Gasteiger charge is 2.22. The molecule has 1 aliphatic carbocycles. The van der Waals surface area contributed by atoms with Crippen LogP contribution >= 0.6 is 0 Å². The lowest BCUT2D eigenvalue weighted by Crippen LogP contribution is -2.39. The van der Waals surface area contributed by atoms with Crippen LogP contribution in [0.5, 0.6) is 0 Å². The summed E-state index contributed by atoms with van der Waals surface area (Å²) >= 11 is 0. The summed E-state index contributed by atoms with van der Waals surface area (Å²) in [4.78, 5) is 12.6. The summed E-state index contributed by atoms with van der Waals surface area (Å²) in [6, 6.07) is 7.94. The molecule has 0 fully saturated rings. The first-order valence-electron chi connectivity index (χ1n) is 9.59. The Morgan fingerprint density at radius 2 is 2.03 bits per heavy atom. The fourth-order valence-electron chi connectivity index (χ4n) is 3.02. The highest BCUT2D eigenvalue weighted by Crippen LogP contribution is 2.17. The van der Waals surface area contributed by atoms with Gasteiger partial charge in [0.2, 0.25) is 0 Å². The molecule has 3 rings (SSSR count). The van der Waals surface area contributed by atoms with Crippen molar-refractivity contribution in [2.45, 2.75) is 20.3 Å². The Morgan fingerprint density at radius 1 is 1.30 bits per heavy atom. The monoisotopic (exact) mass is 406 g/mol. The number of carbonyl (C=O) groups is 1. The minimum atomic E-state index is -0.290. The number of aliphatic hydroxyl groups excluding tert-OH is 1. The lowest BCUT2D eigenvalue weighted by Gasteiger charge is -2.27. The number of allylic oxidation sites excluding steroid dienone is 3. The molecule has 7 heteroatoms. The molecule has 1 heterocycles. The number of nitrogens with one attached hydrogen (secondary N) is 2. The van der Waals surface area contributed by atoms with E-state index in [0.29, 0.717) is 41.7 Å². The van der Waals surface area contributed by atoms with Gasteiger partial charge in [-0.1, -0.05) is 36.4 Å². The predicted octanol–water partition coefficient (Wildman–Crippen LogP) is 3.36. The van der Waals surface area contributed by atoms with Gasteiger partial charge in [0.15, 0.2) is 0 Å². The van der Waals surface area contributed by atoms with Crippen molar-refractivity contribution in [3.05, 3.63) is 95.0 Å². The second-order valence-corrected chi connectivity index (χ2v) is 6.99. The number of rotatable bonds is 6. The van der Waals surface area contributed by atoms with E-state index >= 15 is 0 Å². The minimum Gasteiger partial charge on any atom is -0.508 e. The van der Waals surface area contributed by atoms with Crippen LogP contribution in [0.3, 0.4) is 0 Å². The highest BCUT2D eigenvalue weighted by molar-refractivity contribution is 6.00. The van der Waals surface area contributed by atoms with E-state index in [1.807, 2.05) is 44.2 Å². The molecule has 0 bridgehead atoms. The Morgan fingerprint density at radius 3 is 2.70 bits per heavy atom. The summed E-state index contributed by atoms with van der Waals surface area (Å²) < 4.78 is 5.36. The molecule has 30 heavy (non-hydrogen) atoms. The topological polar surface area (TPSA) is 86.2 Å². The number of aliphatic hydroxyl groups is 1. The predicted molar refractivity (Wildman–Crippen MR) is 117 cm³/mol. The third-order valence-electron chi connectivity index (χ3n) is 4.66. The molecule has 1 aromatic carbocycles. The molecular formula is C23H26N4O3. The van der Waals surface area contributed by atoms with Crippen LogP contribution in [0, 0.1) is 6.92 Å². The van der Waals surface area contributed by atoms with E-state index in [0.717, 1.165) is 11.1 Å². The summed E-state index contributed by atoms with van der Waals surface area (Å²) in [6.45, 7) is 8.12. The van der Waals surface area contributed by atoms with Gasteiger partial charge in [-0.3, -0.25) is 4.79 Å². The highest BCUT2D eigenvalue weighted by atomic mass is 16.5. The van der Waals surface area contributed by atoms with Gasteiger partial charge in [-0.25, -0.2) is 0 Å². The average Bonchev–Trinajstić information content (AvgIpc) is 2.90. The Balaban J connectivity index is 1.71. The number of carbonyl (C=O) groups excluding carboxylic acids is 1. The number of methoxy groups -OCH3 is 1. The maximum absolute atomic E-state index is 12.6. The van der Waals surface area contributed by atoms with Crippen LogP contribution in [0.4, 0.5) is 0 Å². The number of aryl methyl sites for hydroxylation is 1. The van der Waals surface area contributed by atoms with Crippen molar-refractivity contribution in [3.8, 4) is 0 Å². The Hall–Kier alpha value is -3.74. The smallest absolute Gasteiger partial charge is 0.274 e. The molecule has 1 amide bonds. The first-order chi connectivity index (χ1) is 14.4. The van der Waals surface area contributed by atoms with E-state index in [2.05, 4.69) is 22.3 Å². The van der Waals surface area contributed by atoms with Crippen molar-refractivity contribution in [1.82, 2.24) is 15.6 Å². The van der Waals surface area contributed by atoms with E-state index in [-0.39, 0.29) is 11.7 Å². The number of amides is 1. The van der Waals surface area contributed by atoms with Gasteiger partial charge in [0, 0.05) is 17.8 Å². The van der Waals surface area contributed by atoms with Crippen molar-refractivity contribution in [3.63, 3.8) is 0 Å². The number of hydrogen-bond donors (Lipinski definition) is 3. The summed E-state index contributed by atoms with van der Waals surface area (Å²) in [7, 11) is 1.57. The number of nitrogens with zero attached hydrogens (tertiary/aromatic N) is 2. The normalized spacial score (nSPS) is 17.3. The maximum atomic E-state index is 12.6. The molecule has 1 aliphatic heterocycles. The van der Waals surface area contributed by atoms with Crippen molar-refractivity contribution >= 4 is 11.6 Å². The van der Waals surface area contributed by atoms with Gasteiger partial charge in [0.1, 0.15) is 17.3 Å². The molecule has 0 saturated heterocycles. The first-order valence-corrected chi connectivity index (χ1v) is 9.59. The number of benzene rings is 1. The van der Waals surface area contributed by atoms with Crippen LogP contribution in [0.15, 0.2) is 89.0 Å². The van der Waals surface area contributed by atoms with Crippen molar-refractivity contribution < 1.29 is 14.6 Å². The Bertz CT molecular complexity index is 998. The van der Waals surface area contributed by atoms with Gasteiger partial charge in [-0.05, 0) is 38.0 Å². The third kappa shape index (κ3) is 5.00. The molecule has 0 unspecified atom stereocenters. The first kappa shape index (κ1) is 21.0. The summed E-state index contributed by atoms with van der Waals surface area (Å²) in [5, 5.41) is 21.8. The average molecular weight is 406 g/mol. The largest absolute Gasteiger partial charge is 0.508 e. The second kappa shape index (κ2) is 9.17. The molecule has 1 aromatic rings. The lowest BCUT2D eigenvalue weighted by atomic mass is 10.1. The molecule has 3 N–H and O–H groups in total. The molecular weight excluding hydrogens is 380 g/mol. The van der Waals surface area contributed by atoms with Crippen molar-refractivity contribution in [1.29, 1.82) is 0 Å². The quantitative estimate of drug-likeness (QED) is 0.631. The van der Waals surface area contributed by atoms with Crippen LogP contribution in [-0.2, 0) is 9.53 Å². The molecule has 156 valence electrons. The molecule has 7 nitrogen and oxygen atoms in total. The minimum absolute atomic E-state index is 0.152. The fraction of sp³-hybridized carbons (Fsp3) is 0.217. The van der Waals surface area contributed by atoms with E-state index in [1.54, 1.807) is 19.3 Å². The Kier molecular flexibility index (Phi) is 6.41. The van der Waals surface area contributed by atoms with Crippen LogP contribution < -0.4 is 10.6 Å². The van der Waals surface area contributed by atoms with Gasteiger partial charge in [-0.15, -0.1) is 0 Å². The van der Waals surface area contributed by atoms with E-state index in [4.69, 9.17) is 4.74 Å². The molecule has 0 atom stereocenters. The van der Waals surface area contributed by atoms with E-state index < -0.39 is 0 Å². The van der Waals surface area contributed by atoms with Gasteiger partial charge < -0.3 is 20.5 Å². The lowest BCUT2D eigenvalue weighted by molar-refractivity contribution is -0.125. The molecule has 2 aliphatic rings. The van der Waals surface area contributed by atoms with Gasteiger partial charge in [0.05, 0.1) is 25.1 Å². The standard InChI is InChI=1S/C23H26N4O3/c1-15-8-10-18(11-9-15)16(2)26-27-17(3)25-19(12-23(27)29)14-24-21-13-20(28)6-5-7-22(21)30-4/h6-13,24-25,28H,3,5,14H2,1-2,4H3/b26-16+. The van der Waals surface area contributed by atoms with E-state index in [1.165, 1.54) is 11.1 Å². The fourth-order valence-corrected chi connectivity index (χ4v) is 3.02. The van der Waals surface area contributed by atoms with Crippen LogP contribution in [0.25, 0.3) is 0 Å². The zero-order valence-corrected chi connectivity index (χ0v) is 17.4. The molecule has 0 aromatic heterocycles. The zero-order chi connectivity index (χ0) is 21.7. The van der Waals surface area contributed by atoms with Gasteiger partial charge in [0.25, 0.3) is 5.91 Å². The Labute approximate surface area is 176 Å². The van der Waals surface area contributed by atoms with Crippen LogP contribution in [0.1, 0.15) is 24.5 Å². The molecule has 0 radical (unpaired) electrons. The maximum Gasteiger partial charge on any atom is 0.274 e. The number of hydrogen-bond acceptors (Lipinski definition) is 6. The molecule has 0 spiro atoms. The molecule has 0 saturated carbocycles. The second-order valence-electron chi connectivity index (χ2n) is 6.99. The van der Waals surface area contributed by atoms with Crippen molar-refractivity contribution in [2.24, 2.45) is 5.10 Å². The van der Waals surface area contributed by atoms with Crippen LogP contribution in [0.2, 0.25) is 0 Å². The van der Waals surface area contributed by atoms with Gasteiger partial charge >= 0.3 is 0 Å². The summed E-state index contributed by atoms with van der Waals surface area (Å²) in [5.41, 5.74) is 4.06. The number of hydrazone groups is 1. The third-order valence-corrected chi connectivity index (χ3v) is 4.66. The van der Waals surface area contributed by atoms with Gasteiger partial charge in [-0.2, -0.15) is 10.1 Å². The number of ether oxygens (including phenoxy) is 1. The van der Waals surface area contributed by atoms with Crippen LogP contribution in [-0.4, -0.2) is 35.4 Å². The SMILES string of the molecule is C=C1NC(CNC2=CC(O)=CCC=C2OC)=CC(=O)N1/N=C(\C)c1ccc(C)cc1.